The Labute approximate surface area is 130 Å². The molecule has 2 aromatic carbocycles. The van der Waals surface area contributed by atoms with Gasteiger partial charge in [-0.25, -0.2) is 0 Å². The number of hydrogen-bond donors (Lipinski definition) is 0. The molecular formula is C19H19NO2. The smallest absolute Gasteiger partial charge is 0.233 e. The van der Waals surface area contributed by atoms with Gasteiger partial charge in [-0.3, -0.25) is 9.59 Å². The van der Waals surface area contributed by atoms with Crippen LogP contribution in [-0.4, -0.2) is 23.1 Å². The van der Waals surface area contributed by atoms with Gasteiger partial charge in [-0.05, 0) is 18.4 Å². The number of rotatable bonds is 4. The number of amides is 1. The molecule has 0 aliphatic carbocycles. The maximum Gasteiger partial charge on any atom is 0.233 e. The molecule has 3 heteroatoms. The number of benzene rings is 2. The van der Waals surface area contributed by atoms with Crippen molar-refractivity contribution in [2.45, 2.75) is 19.4 Å². The number of Topliss-reactive ketones (excluding diaryl/α,β-unsaturated/α-hetero) is 1. The minimum atomic E-state index is -0.528. The Bertz CT molecular complexity index is 652. The predicted octanol–water partition coefficient (Wildman–Crippen LogP) is 3.31. The average Bonchev–Trinajstić information content (AvgIpc) is 2.58. The van der Waals surface area contributed by atoms with Crippen molar-refractivity contribution in [1.29, 1.82) is 0 Å². The summed E-state index contributed by atoms with van der Waals surface area (Å²) in [6.07, 6.45) is 1.53. The molecule has 2 aromatic rings. The van der Waals surface area contributed by atoms with Crippen molar-refractivity contribution >= 4 is 11.7 Å². The molecule has 0 aromatic heterocycles. The Kier molecular flexibility index (Phi) is 4.33. The van der Waals surface area contributed by atoms with E-state index in [1.807, 2.05) is 53.4 Å². The quantitative estimate of drug-likeness (QED) is 0.640. The summed E-state index contributed by atoms with van der Waals surface area (Å²) < 4.78 is 0. The molecule has 1 aliphatic rings. The molecule has 0 radical (unpaired) electrons. The molecule has 0 saturated carbocycles. The predicted molar refractivity (Wildman–Crippen MR) is 85.4 cm³/mol. The van der Waals surface area contributed by atoms with Gasteiger partial charge in [0.15, 0.2) is 5.78 Å². The minimum Gasteiger partial charge on any atom is -0.338 e. The van der Waals surface area contributed by atoms with Crippen LogP contribution in [0.2, 0.25) is 0 Å². The first-order chi connectivity index (χ1) is 10.8. The molecule has 3 rings (SSSR count). The third kappa shape index (κ3) is 3.08. The van der Waals surface area contributed by atoms with Crippen molar-refractivity contribution in [2.75, 3.05) is 6.54 Å². The van der Waals surface area contributed by atoms with Gasteiger partial charge in [-0.15, -0.1) is 0 Å². The van der Waals surface area contributed by atoms with E-state index in [1.54, 1.807) is 12.1 Å². The fourth-order valence-electron chi connectivity index (χ4n) is 2.95. The van der Waals surface area contributed by atoms with Gasteiger partial charge < -0.3 is 4.90 Å². The fourth-order valence-corrected chi connectivity index (χ4v) is 2.95. The summed E-state index contributed by atoms with van der Waals surface area (Å²) >= 11 is 0. The zero-order chi connectivity index (χ0) is 15.4. The Morgan fingerprint density at radius 3 is 2.32 bits per heavy atom. The first-order valence-corrected chi connectivity index (χ1v) is 7.67. The Balaban J connectivity index is 1.74. The van der Waals surface area contributed by atoms with Crippen molar-refractivity contribution < 1.29 is 9.59 Å². The van der Waals surface area contributed by atoms with Crippen LogP contribution in [0.5, 0.6) is 0 Å². The standard InChI is InChI=1S/C19H19NO2/c21-18(16-10-5-2-6-11-16)17-12-7-13-20(19(17)22)14-15-8-3-1-4-9-15/h1-6,8-11,17H,7,12-14H2. The number of nitrogens with zero attached hydrogens (tertiary/aromatic N) is 1. The van der Waals surface area contributed by atoms with E-state index in [9.17, 15) is 9.59 Å². The zero-order valence-electron chi connectivity index (χ0n) is 12.4. The number of piperidine rings is 1. The second-order valence-corrected chi connectivity index (χ2v) is 5.67. The molecule has 3 nitrogen and oxygen atoms in total. The molecule has 1 unspecified atom stereocenters. The number of carbonyl (C=O) groups is 2. The minimum absolute atomic E-state index is 0.0380. The van der Waals surface area contributed by atoms with Crippen molar-refractivity contribution in [3.8, 4) is 0 Å². The van der Waals surface area contributed by atoms with Crippen LogP contribution in [0.25, 0.3) is 0 Å². The van der Waals surface area contributed by atoms with Crippen LogP contribution in [0.4, 0.5) is 0 Å². The van der Waals surface area contributed by atoms with Crippen molar-refractivity contribution in [2.24, 2.45) is 5.92 Å². The molecular weight excluding hydrogens is 274 g/mol. The van der Waals surface area contributed by atoms with Gasteiger partial charge in [0.1, 0.15) is 5.92 Å². The maximum absolute atomic E-state index is 12.6. The third-order valence-corrected chi connectivity index (χ3v) is 4.12. The molecule has 1 amide bonds. The van der Waals surface area contributed by atoms with E-state index < -0.39 is 5.92 Å². The number of carbonyl (C=O) groups excluding carboxylic acids is 2. The maximum atomic E-state index is 12.6. The van der Waals surface area contributed by atoms with Crippen molar-refractivity contribution in [1.82, 2.24) is 4.90 Å². The van der Waals surface area contributed by atoms with Crippen LogP contribution in [0.15, 0.2) is 60.7 Å². The van der Waals surface area contributed by atoms with E-state index in [2.05, 4.69) is 0 Å². The first kappa shape index (κ1) is 14.5. The largest absolute Gasteiger partial charge is 0.338 e. The number of likely N-dealkylation sites (tertiary alicyclic amines) is 1. The molecule has 112 valence electrons. The highest BCUT2D eigenvalue weighted by Gasteiger charge is 2.34. The van der Waals surface area contributed by atoms with E-state index in [0.717, 1.165) is 18.5 Å². The molecule has 0 N–H and O–H groups in total. The second-order valence-electron chi connectivity index (χ2n) is 5.67. The van der Waals surface area contributed by atoms with Crippen LogP contribution in [-0.2, 0) is 11.3 Å². The number of hydrogen-bond acceptors (Lipinski definition) is 2. The second kappa shape index (κ2) is 6.56. The fraction of sp³-hybridized carbons (Fsp3) is 0.263. The molecule has 1 fully saturated rings. The third-order valence-electron chi connectivity index (χ3n) is 4.12. The monoisotopic (exact) mass is 293 g/mol. The van der Waals surface area contributed by atoms with E-state index in [4.69, 9.17) is 0 Å². The normalized spacial score (nSPS) is 18.3. The molecule has 1 atom stereocenters. The lowest BCUT2D eigenvalue weighted by Gasteiger charge is -2.31. The topological polar surface area (TPSA) is 37.4 Å². The van der Waals surface area contributed by atoms with E-state index >= 15 is 0 Å². The van der Waals surface area contributed by atoms with Gasteiger partial charge in [0.05, 0.1) is 0 Å². The van der Waals surface area contributed by atoms with Gasteiger partial charge in [0.25, 0.3) is 0 Å². The summed E-state index contributed by atoms with van der Waals surface area (Å²) in [4.78, 5) is 27.0. The lowest BCUT2D eigenvalue weighted by molar-refractivity contribution is -0.137. The van der Waals surface area contributed by atoms with Crippen LogP contribution >= 0.6 is 0 Å². The molecule has 0 bridgehead atoms. The lowest BCUT2D eigenvalue weighted by atomic mass is 9.89. The highest BCUT2D eigenvalue weighted by molar-refractivity contribution is 6.10. The summed E-state index contributed by atoms with van der Waals surface area (Å²) in [7, 11) is 0. The summed E-state index contributed by atoms with van der Waals surface area (Å²) in [6, 6.07) is 19.0. The van der Waals surface area contributed by atoms with E-state index in [-0.39, 0.29) is 11.7 Å². The van der Waals surface area contributed by atoms with Crippen LogP contribution in [0.3, 0.4) is 0 Å². The van der Waals surface area contributed by atoms with Crippen molar-refractivity contribution in [3.63, 3.8) is 0 Å². The van der Waals surface area contributed by atoms with Gasteiger partial charge in [0.2, 0.25) is 5.91 Å². The highest BCUT2D eigenvalue weighted by Crippen LogP contribution is 2.23. The lowest BCUT2D eigenvalue weighted by Crippen LogP contribution is -2.43. The van der Waals surface area contributed by atoms with Gasteiger partial charge in [-0.1, -0.05) is 60.7 Å². The summed E-state index contributed by atoms with van der Waals surface area (Å²) in [5.41, 5.74) is 1.73. The van der Waals surface area contributed by atoms with Gasteiger partial charge in [0, 0.05) is 18.7 Å². The van der Waals surface area contributed by atoms with Crippen molar-refractivity contribution in [3.05, 3.63) is 71.8 Å². The summed E-state index contributed by atoms with van der Waals surface area (Å²) in [5, 5.41) is 0. The van der Waals surface area contributed by atoms with Crippen LogP contribution in [0, 0.1) is 5.92 Å². The number of ketones is 1. The molecule has 1 heterocycles. The SMILES string of the molecule is O=C(c1ccccc1)C1CCCN(Cc2ccccc2)C1=O. The molecule has 1 saturated heterocycles. The van der Waals surface area contributed by atoms with Crippen LogP contribution < -0.4 is 0 Å². The Hall–Kier alpha value is -2.42. The zero-order valence-corrected chi connectivity index (χ0v) is 12.4. The molecule has 1 aliphatic heterocycles. The average molecular weight is 293 g/mol. The van der Waals surface area contributed by atoms with Gasteiger partial charge in [-0.2, -0.15) is 0 Å². The summed E-state index contributed by atoms with van der Waals surface area (Å²) in [6.45, 7) is 1.31. The van der Waals surface area contributed by atoms with E-state index in [1.165, 1.54) is 0 Å². The molecule has 22 heavy (non-hydrogen) atoms. The van der Waals surface area contributed by atoms with Gasteiger partial charge >= 0.3 is 0 Å². The Morgan fingerprint density at radius 2 is 1.64 bits per heavy atom. The Morgan fingerprint density at radius 1 is 1.00 bits per heavy atom. The highest BCUT2D eigenvalue weighted by atomic mass is 16.2. The first-order valence-electron chi connectivity index (χ1n) is 7.67. The summed E-state index contributed by atoms with van der Waals surface area (Å²) in [5.74, 6) is -0.618. The van der Waals surface area contributed by atoms with E-state index in [0.29, 0.717) is 18.5 Å². The molecule has 0 spiro atoms. The van der Waals surface area contributed by atoms with Crippen LogP contribution in [0.1, 0.15) is 28.8 Å².